The fourth-order valence-corrected chi connectivity index (χ4v) is 2.55. The van der Waals surface area contributed by atoms with Crippen molar-refractivity contribution < 1.29 is 14.3 Å². The number of aromatic nitrogens is 3. The van der Waals surface area contributed by atoms with Crippen LogP contribution in [0.4, 0.5) is 11.6 Å². The van der Waals surface area contributed by atoms with Crippen LogP contribution in [0.3, 0.4) is 0 Å². The second kappa shape index (κ2) is 8.68. The first-order valence-corrected chi connectivity index (χ1v) is 8.63. The summed E-state index contributed by atoms with van der Waals surface area (Å²) >= 11 is 0. The molecule has 8 heteroatoms. The van der Waals surface area contributed by atoms with Crippen molar-refractivity contribution in [3.8, 4) is 0 Å². The van der Waals surface area contributed by atoms with E-state index in [2.05, 4.69) is 20.3 Å². The van der Waals surface area contributed by atoms with Crippen molar-refractivity contribution in [1.29, 1.82) is 0 Å². The lowest BCUT2D eigenvalue weighted by molar-refractivity contribution is -0.145. The van der Waals surface area contributed by atoms with E-state index in [0.29, 0.717) is 25.6 Å². The standard InChI is InChI=1S/C18H23N5O3/c1-13(2)26-12-17(24)23-8-9-25-16(11-23)15-5-4-14(10-21-15)22-18-19-6-3-7-20-18/h3-7,10,13,16H,8-9,11-12H2,1-2H3,(H,19,20,22)/t16-/m1/s1. The van der Waals surface area contributed by atoms with Crippen molar-refractivity contribution in [3.63, 3.8) is 0 Å². The minimum absolute atomic E-state index is 0.0217. The summed E-state index contributed by atoms with van der Waals surface area (Å²) in [6, 6.07) is 5.53. The molecule has 0 radical (unpaired) electrons. The van der Waals surface area contributed by atoms with E-state index in [1.165, 1.54) is 0 Å². The van der Waals surface area contributed by atoms with E-state index in [9.17, 15) is 4.79 Å². The van der Waals surface area contributed by atoms with Crippen LogP contribution in [0.5, 0.6) is 0 Å². The van der Waals surface area contributed by atoms with Crippen molar-refractivity contribution in [1.82, 2.24) is 19.9 Å². The van der Waals surface area contributed by atoms with Crippen molar-refractivity contribution in [2.45, 2.75) is 26.1 Å². The monoisotopic (exact) mass is 357 g/mol. The lowest BCUT2D eigenvalue weighted by Crippen LogP contribution is -2.44. The van der Waals surface area contributed by atoms with E-state index < -0.39 is 0 Å². The van der Waals surface area contributed by atoms with Crippen molar-refractivity contribution in [3.05, 3.63) is 42.5 Å². The molecule has 0 aliphatic carbocycles. The molecule has 0 bridgehead atoms. The summed E-state index contributed by atoms with van der Waals surface area (Å²) in [5.74, 6) is 0.490. The Hall–Kier alpha value is -2.58. The third-order valence-electron chi connectivity index (χ3n) is 3.90. The molecule has 3 rings (SSSR count). The van der Waals surface area contributed by atoms with Crippen LogP contribution in [0.15, 0.2) is 36.8 Å². The highest BCUT2D eigenvalue weighted by atomic mass is 16.5. The van der Waals surface area contributed by atoms with Gasteiger partial charge in [-0.15, -0.1) is 0 Å². The van der Waals surface area contributed by atoms with Crippen LogP contribution < -0.4 is 5.32 Å². The molecule has 8 nitrogen and oxygen atoms in total. The topological polar surface area (TPSA) is 89.5 Å². The zero-order chi connectivity index (χ0) is 18.4. The van der Waals surface area contributed by atoms with Crippen LogP contribution in [-0.4, -0.2) is 58.2 Å². The maximum atomic E-state index is 12.2. The molecule has 0 aromatic carbocycles. The van der Waals surface area contributed by atoms with Gasteiger partial charge >= 0.3 is 0 Å². The number of carbonyl (C=O) groups is 1. The molecule has 3 heterocycles. The molecule has 2 aromatic rings. The average Bonchev–Trinajstić information content (AvgIpc) is 2.67. The Morgan fingerprint density at radius 1 is 1.35 bits per heavy atom. The SMILES string of the molecule is CC(C)OCC(=O)N1CCO[C@@H](c2ccc(Nc3ncccn3)cn2)C1. The Morgan fingerprint density at radius 2 is 2.15 bits per heavy atom. The minimum atomic E-state index is -0.242. The molecule has 0 unspecified atom stereocenters. The summed E-state index contributed by atoms with van der Waals surface area (Å²) in [4.78, 5) is 26.7. The summed E-state index contributed by atoms with van der Waals surface area (Å²) in [5.41, 5.74) is 1.57. The summed E-state index contributed by atoms with van der Waals surface area (Å²) in [6.45, 7) is 5.45. The highest BCUT2D eigenvalue weighted by Gasteiger charge is 2.26. The number of amides is 1. The van der Waals surface area contributed by atoms with Gasteiger partial charge in [0.2, 0.25) is 11.9 Å². The number of pyridine rings is 1. The molecular formula is C18H23N5O3. The van der Waals surface area contributed by atoms with Crippen LogP contribution in [-0.2, 0) is 14.3 Å². The first-order chi connectivity index (χ1) is 12.6. The van der Waals surface area contributed by atoms with E-state index in [0.717, 1.165) is 11.4 Å². The van der Waals surface area contributed by atoms with Crippen LogP contribution in [0.25, 0.3) is 0 Å². The number of morpholine rings is 1. The van der Waals surface area contributed by atoms with Gasteiger partial charge in [0, 0.05) is 18.9 Å². The van der Waals surface area contributed by atoms with Gasteiger partial charge in [0.05, 0.1) is 36.8 Å². The van der Waals surface area contributed by atoms with Gasteiger partial charge in [-0.1, -0.05) is 0 Å². The molecule has 1 amide bonds. The van der Waals surface area contributed by atoms with Crippen LogP contribution in [0.2, 0.25) is 0 Å². The van der Waals surface area contributed by atoms with E-state index in [1.807, 2.05) is 26.0 Å². The number of nitrogens with zero attached hydrogens (tertiary/aromatic N) is 4. The number of nitrogens with one attached hydrogen (secondary N) is 1. The molecule has 1 N–H and O–H groups in total. The van der Waals surface area contributed by atoms with Gasteiger partial charge < -0.3 is 19.7 Å². The fourth-order valence-electron chi connectivity index (χ4n) is 2.55. The van der Waals surface area contributed by atoms with Gasteiger partial charge in [0.25, 0.3) is 0 Å². The molecule has 26 heavy (non-hydrogen) atoms. The zero-order valence-electron chi connectivity index (χ0n) is 15.0. The summed E-state index contributed by atoms with van der Waals surface area (Å²) in [7, 11) is 0. The quantitative estimate of drug-likeness (QED) is 0.845. The minimum Gasteiger partial charge on any atom is -0.369 e. The average molecular weight is 357 g/mol. The van der Waals surface area contributed by atoms with Crippen LogP contribution in [0, 0.1) is 0 Å². The molecule has 1 aliphatic rings. The Bertz CT molecular complexity index is 709. The number of hydrogen-bond acceptors (Lipinski definition) is 7. The zero-order valence-corrected chi connectivity index (χ0v) is 15.0. The molecule has 0 saturated carbocycles. The molecule has 1 aliphatic heterocycles. The maximum Gasteiger partial charge on any atom is 0.248 e. The molecule has 1 atom stereocenters. The fraction of sp³-hybridized carbons (Fsp3) is 0.444. The van der Waals surface area contributed by atoms with Crippen LogP contribution >= 0.6 is 0 Å². The molecule has 1 saturated heterocycles. The highest BCUT2D eigenvalue weighted by molar-refractivity contribution is 5.77. The number of rotatable bonds is 6. The lowest BCUT2D eigenvalue weighted by Gasteiger charge is -2.32. The molecule has 1 fully saturated rings. The van der Waals surface area contributed by atoms with Gasteiger partial charge in [-0.25, -0.2) is 9.97 Å². The maximum absolute atomic E-state index is 12.2. The van der Waals surface area contributed by atoms with E-state index in [-0.39, 0.29) is 24.7 Å². The first kappa shape index (κ1) is 18.2. The number of carbonyl (C=O) groups excluding carboxylic acids is 1. The Labute approximate surface area is 152 Å². The van der Waals surface area contributed by atoms with Gasteiger partial charge in [-0.2, -0.15) is 0 Å². The van der Waals surface area contributed by atoms with Crippen molar-refractivity contribution in [2.24, 2.45) is 0 Å². The number of hydrogen-bond donors (Lipinski definition) is 1. The predicted molar refractivity (Wildman–Crippen MR) is 95.9 cm³/mol. The molecule has 138 valence electrons. The second-order valence-electron chi connectivity index (χ2n) is 6.23. The van der Waals surface area contributed by atoms with Gasteiger partial charge in [-0.3, -0.25) is 9.78 Å². The van der Waals surface area contributed by atoms with Crippen molar-refractivity contribution >= 4 is 17.5 Å². The summed E-state index contributed by atoms with van der Waals surface area (Å²) in [5, 5.41) is 3.08. The Kier molecular flexibility index (Phi) is 6.08. The molecule has 2 aromatic heterocycles. The highest BCUT2D eigenvalue weighted by Crippen LogP contribution is 2.22. The van der Waals surface area contributed by atoms with Crippen molar-refractivity contribution in [2.75, 3.05) is 31.6 Å². The number of ether oxygens (including phenoxy) is 2. The predicted octanol–water partition coefficient (Wildman–Crippen LogP) is 1.94. The first-order valence-electron chi connectivity index (χ1n) is 8.63. The smallest absolute Gasteiger partial charge is 0.248 e. The largest absolute Gasteiger partial charge is 0.369 e. The van der Waals surface area contributed by atoms with E-state index >= 15 is 0 Å². The van der Waals surface area contributed by atoms with Gasteiger partial charge in [0.1, 0.15) is 12.7 Å². The Balaban J connectivity index is 1.59. The van der Waals surface area contributed by atoms with Gasteiger partial charge in [0.15, 0.2) is 0 Å². The van der Waals surface area contributed by atoms with Gasteiger partial charge in [-0.05, 0) is 32.0 Å². The summed E-state index contributed by atoms with van der Waals surface area (Å²) in [6.07, 6.45) is 4.83. The molecular weight excluding hydrogens is 334 g/mol. The Morgan fingerprint density at radius 3 is 2.85 bits per heavy atom. The third kappa shape index (κ3) is 4.96. The van der Waals surface area contributed by atoms with E-state index in [4.69, 9.17) is 9.47 Å². The summed E-state index contributed by atoms with van der Waals surface area (Å²) < 4.78 is 11.2. The molecule has 0 spiro atoms. The third-order valence-corrected chi connectivity index (χ3v) is 3.90. The second-order valence-corrected chi connectivity index (χ2v) is 6.23. The normalized spacial score (nSPS) is 17.3. The van der Waals surface area contributed by atoms with E-state index in [1.54, 1.807) is 29.6 Å². The lowest BCUT2D eigenvalue weighted by atomic mass is 10.2. The number of anilines is 2. The van der Waals surface area contributed by atoms with Crippen LogP contribution in [0.1, 0.15) is 25.6 Å².